The zero-order valence-corrected chi connectivity index (χ0v) is 54.4. The summed E-state index contributed by atoms with van der Waals surface area (Å²) in [6, 6.07) is -1.64. The first-order chi connectivity index (χ1) is 45.2. The Hall–Kier alpha value is -2.02. The normalized spacial score (nSPS) is 36.5. The molecule has 0 aromatic rings. The Morgan fingerprint density at radius 3 is 1.03 bits per heavy atom. The molecule has 5 aliphatic heterocycles. The van der Waals surface area contributed by atoms with Gasteiger partial charge in [-0.2, -0.15) is 25.3 Å². The van der Waals surface area contributed by atoms with E-state index in [1.807, 2.05) is 0 Å². The van der Waals surface area contributed by atoms with Crippen LogP contribution in [0.1, 0.15) is 0 Å². The van der Waals surface area contributed by atoms with Crippen LogP contribution in [0.3, 0.4) is 0 Å². The van der Waals surface area contributed by atoms with Crippen LogP contribution >= 0.6 is 49.3 Å². The van der Waals surface area contributed by atoms with Gasteiger partial charge in [0.15, 0.2) is 105 Å². The van der Waals surface area contributed by atoms with E-state index in [1.54, 1.807) is 0 Å². The molecule has 58 heteroatoms. The molecule has 5 saturated heterocycles. The number of methoxy groups -OCH3 is 7. The third-order valence-electron chi connectivity index (χ3n) is 13.5. The van der Waals surface area contributed by atoms with Crippen molar-refractivity contribution >= 4 is 92.4 Å². The molecule has 0 saturated carbocycles. The van der Waals surface area contributed by atoms with E-state index in [0.29, 0.717) is 0 Å². The number of carboxylic acids is 2. The maximum atomic E-state index is 13.5. The van der Waals surface area contributed by atoms with E-state index >= 15 is 0 Å². The molecular weight excluding hydrogens is 1480 g/mol. The Kier molecular flexibility index (Phi) is 35.7. The third-order valence-corrected chi connectivity index (χ3v) is 16.4. The Balaban J connectivity index is 1.60. The number of aliphatic carboxylic acids is 2. The highest BCUT2D eigenvalue weighted by molar-refractivity contribution is 7.90. The van der Waals surface area contributed by atoms with Gasteiger partial charge in [-0.15, -0.1) is 17.3 Å². The van der Waals surface area contributed by atoms with Crippen molar-refractivity contribution in [1.29, 1.82) is 0 Å². The summed E-state index contributed by atoms with van der Waals surface area (Å²) in [5, 5.41) is 75.6. The van der Waals surface area contributed by atoms with Gasteiger partial charge in [0.1, 0.15) is 91.5 Å². The van der Waals surface area contributed by atoms with Gasteiger partial charge in [0.25, 0.3) is 0 Å². The van der Waals surface area contributed by atoms with Crippen molar-refractivity contribution in [2.24, 2.45) is 5.11 Å². The number of rotatable bonds is 43. The summed E-state index contributed by atoms with van der Waals surface area (Å²) in [5.74, 6) is -3.88. The second kappa shape index (κ2) is 40.6. The quantitative estimate of drug-likeness (QED) is 0.00452. The van der Waals surface area contributed by atoms with Crippen molar-refractivity contribution in [2.75, 3.05) is 69.6 Å². The second-order valence-corrected chi connectivity index (χ2v) is 23.5. The van der Waals surface area contributed by atoms with E-state index in [9.17, 15) is 69.5 Å². The van der Waals surface area contributed by atoms with E-state index in [-0.39, 0.29) is 49.3 Å². The molecule has 5 aliphatic rings. The Bertz CT molecular complexity index is 2700. The molecule has 0 aromatic carbocycles. The maximum Gasteiger partial charge on any atom is 0.397 e. The molecule has 0 bridgehead atoms. The summed E-state index contributed by atoms with van der Waals surface area (Å²) in [6.45, 7) is -3.66. The summed E-state index contributed by atoms with van der Waals surface area (Å²) in [6.07, 6.45) is -47.6. The van der Waals surface area contributed by atoms with Crippen LogP contribution in [-0.2, 0) is 183 Å². The van der Waals surface area contributed by atoms with Gasteiger partial charge in [-0.3, -0.25) is 30.4 Å². The molecule has 0 aromatic heterocycles. The fourth-order valence-corrected chi connectivity index (χ4v) is 12.2. The highest BCUT2D eigenvalue weighted by Gasteiger charge is 2.61. The van der Waals surface area contributed by atoms with Gasteiger partial charge in [0.05, 0.1) is 25.9 Å². The zero-order chi connectivity index (χ0) is 70.4. The SMILES string of the molecule is COC1C(OC)[C@H](O[C@H]2O[C@@H](COS(=O)(=O)O)[C@@H](O[C@@H]3OC(C(=O)O)[C@@H](O[C@H]4OC(COS(=O)(=O)O)[C@@H](OC)[C@H](OC)C4N=[N+]=[N-])[C@H](OC)C3OC)C(OSOOO)C2OSOOO)[C@H](C(=O)O)O[C@H]1O[C@@H]1C(COS(=O)(=O)O)O[C@H](OC)C(OSOOO)[C@H]1OSOOO. The number of nitrogens with zero attached hydrogens (tertiary/aromatic N) is 3. The molecule has 0 spiro atoms. The van der Waals surface area contributed by atoms with Gasteiger partial charge in [-0.05, 0) is 5.53 Å². The first-order valence-electron chi connectivity index (χ1n) is 25.3. The fraction of sp³-hybridized carbons (Fsp3) is 0.946. The highest BCUT2D eigenvalue weighted by atomic mass is 32.3. The molecule has 5 heterocycles. The molecule has 51 nitrogen and oxygen atoms in total. The molecule has 0 amide bonds. The van der Waals surface area contributed by atoms with Crippen molar-refractivity contribution in [3.63, 3.8) is 0 Å². The fourth-order valence-electron chi connectivity index (χ4n) is 9.90. The summed E-state index contributed by atoms with van der Waals surface area (Å²) in [5.41, 5.74) is 9.61. The van der Waals surface area contributed by atoms with Gasteiger partial charge < -0.3 is 86.0 Å². The van der Waals surface area contributed by atoms with Crippen LogP contribution in [0.15, 0.2) is 5.11 Å². The van der Waals surface area contributed by atoms with Gasteiger partial charge in [-0.1, -0.05) is 25.3 Å². The largest absolute Gasteiger partial charge is 0.479 e. The minimum Gasteiger partial charge on any atom is -0.479 e. The average molecular weight is 1540 g/mol. The first kappa shape index (κ1) is 83.6. The average Bonchev–Trinajstić information content (AvgIpc) is 0.767. The van der Waals surface area contributed by atoms with Crippen molar-refractivity contribution in [1.82, 2.24) is 0 Å². The van der Waals surface area contributed by atoms with E-state index in [2.05, 4.69) is 60.1 Å². The highest BCUT2D eigenvalue weighted by Crippen LogP contribution is 2.42. The van der Waals surface area contributed by atoms with Gasteiger partial charge in [-0.25, -0.2) is 43.2 Å². The predicted molar refractivity (Wildman–Crippen MR) is 284 cm³/mol. The van der Waals surface area contributed by atoms with E-state index in [4.69, 9.17) is 108 Å². The summed E-state index contributed by atoms with van der Waals surface area (Å²) >= 11 is -0.873. The van der Waals surface area contributed by atoms with Crippen molar-refractivity contribution in [2.45, 2.75) is 153 Å². The first-order valence-corrected chi connectivity index (χ1v) is 32.1. The van der Waals surface area contributed by atoms with Gasteiger partial charge >= 0.3 is 43.1 Å². The molecule has 5 fully saturated rings. The molecule has 9 N–H and O–H groups in total. The van der Waals surface area contributed by atoms with Crippen molar-refractivity contribution in [3.8, 4) is 0 Å². The maximum absolute atomic E-state index is 13.5. The smallest absolute Gasteiger partial charge is 0.397 e. The lowest BCUT2D eigenvalue weighted by Crippen LogP contribution is -2.69. The molecule has 95 heavy (non-hydrogen) atoms. The standard InChI is InChI=1S/C37H61N3O48S7/c1-58-15-11(8-65-93(49,50)51)68-33(14(39-40-38)18(15)59-2)73-21-19(60-3)27(62-5)35(75-25(21)31(41)42)72-17-13(10-67-95(55,56)57)70-37(30(80-92-88-84-48)24(17)78-90-86-82-46)74-22-20(61-4)28(63-6)36(76-26(22)32(43)44)71-16-12(9-66-94(52,53)54)69-34(64-7)29(79-91-87-83-47)23(16)77-89-85-81-45/h11-30,33-37,45-48H,8-10H2,1-7H3,(H,41,42)(H,43,44)(H,49,50,51)(H,52,53,54)(H,55,56,57)/t11?,12?,13-,14?,15+,16+,17+,18+,19-,20?,21-,22-,23-,24?,25?,26+,27?,28?,29?,30?,33+,34-,35+,36+,37+/m0/s1. The van der Waals surface area contributed by atoms with Crippen LogP contribution in [0.4, 0.5) is 0 Å². The predicted octanol–water partition coefficient (Wildman–Crippen LogP) is -2.33. The number of hydrogen-bond acceptors (Lipinski definition) is 48. The number of azide groups is 1. The van der Waals surface area contributed by atoms with Crippen LogP contribution in [0, 0.1) is 0 Å². The monoisotopic (exact) mass is 1540 g/mol. The molecule has 554 valence electrons. The van der Waals surface area contributed by atoms with Crippen LogP contribution in [-0.4, -0.2) is 305 Å². The van der Waals surface area contributed by atoms with E-state index < -0.39 is 216 Å². The van der Waals surface area contributed by atoms with Gasteiger partial charge in [0.2, 0.25) is 0 Å². The number of carboxylic acid groups (broad SMARTS) is 2. The summed E-state index contributed by atoms with van der Waals surface area (Å²) in [4.78, 5) is 29.6. The van der Waals surface area contributed by atoms with E-state index in [1.165, 1.54) is 0 Å². The molecule has 10 unspecified atom stereocenters. The number of ether oxygens (including phenoxy) is 16. The second-order valence-electron chi connectivity index (χ2n) is 18.4. The third kappa shape index (κ3) is 23.8. The Labute approximate surface area is 551 Å². The molecule has 0 aliphatic carbocycles. The Morgan fingerprint density at radius 1 is 0.400 bits per heavy atom. The lowest BCUT2D eigenvalue weighted by Gasteiger charge is -2.51. The molecule has 25 atom stereocenters. The van der Waals surface area contributed by atoms with Gasteiger partial charge in [0, 0.05) is 54.7 Å². The van der Waals surface area contributed by atoms with E-state index in [0.717, 1.165) is 49.8 Å². The number of hydrogen-bond donors (Lipinski definition) is 9. The van der Waals surface area contributed by atoms with Crippen LogP contribution < -0.4 is 0 Å². The zero-order valence-electron chi connectivity index (χ0n) is 48.7. The Morgan fingerprint density at radius 2 is 0.705 bits per heavy atom. The lowest BCUT2D eigenvalue weighted by molar-refractivity contribution is -0.437. The molecule has 0 radical (unpaired) electrons. The lowest BCUT2D eigenvalue weighted by atomic mass is 9.94. The minimum absolute atomic E-state index is 0.107. The van der Waals surface area contributed by atoms with Crippen LogP contribution in [0.2, 0.25) is 0 Å². The summed E-state index contributed by atoms with van der Waals surface area (Å²) < 4.78 is 247. The van der Waals surface area contributed by atoms with Crippen molar-refractivity contribution in [3.05, 3.63) is 10.4 Å². The minimum atomic E-state index is -5.56. The van der Waals surface area contributed by atoms with Crippen LogP contribution in [0.25, 0.3) is 10.4 Å². The van der Waals surface area contributed by atoms with Crippen LogP contribution in [0.5, 0.6) is 0 Å². The number of carbonyl (C=O) groups is 2. The molecule has 5 rings (SSSR count). The molecular formula is C37H61N3O48S7. The topological polar surface area (TPSA) is 654 Å². The summed E-state index contributed by atoms with van der Waals surface area (Å²) in [7, 11) is -8.93. The van der Waals surface area contributed by atoms with Crippen molar-refractivity contribution < 1.29 is 222 Å².